The van der Waals surface area contributed by atoms with E-state index in [2.05, 4.69) is 58.8 Å². The number of benzene rings is 1. The largest absolute Gasteiger partial charge is 0.366 e. The van der Waals surface area contributed by atoms with E-state index in [0.29, 0.717) is 34.4 Å². The highest BCUT2D eigenvalue weighted by molar-refractivity contribution is 6.33. The van der Waals surface area contributed by atoms with Crippen LogP contribution in [0.3, 0.4) is 0 Å². The standard InChI is InChI=1S/C31H36ClN7/c1-4-19-15-22(20-7-5-8-20)27-24(16-19)36-28(39-30(27)37-25-11-13-33-18-31(25,2)3)21-10-14-34-26(17-21)38-29-23(32)9-6-12-35-29/h6,9-10,12,14-17,20,25,33H,4-5,7-8,11,13,18H2,1-3H3,(H,34,35,38)(H,36,37,39). The number of pyridine rings is 2. The Morgan fingerprint density at radius 3 is 2.64 bits per heavy atom. The second kappa shape index (κ2) is 10.7. The minimum atomic E-state index is 0.103. The molecule has 3 N–H and O–H groups in total. The Kier molecular flexibility index (Phi) is 7.12. The van der Waals surface area contributed by atoms with E-state index in [1.807, 2.05) is 12.1 Å². The molecule has 0 bridgehead atoms. The number of hydrogen-bond acceptors (Lipinski definition) is 7. The number of hydrogen-bond donors (Lipinski definition) is 3. The van der Waals surface area contributed by atoms with Crippen LogP contribution < -0.4 is 16.0 Å². The van der Waals surface area contributed by atoms with Crippen molar-refractivity contribution in [3.63, 3.8) is 0 Å². The molecule has 7 nitrogen and oxygen atoms in total. The van der Waals surface area contributed by atoms with Gasteiger partial charge in [-0.2, -0.15) is 0 Å². The van der Waals surface area contributed by atoms with Gasteiger partial charge in [0.1, 0.15) is 17.5 Å². The molecule has 1 aliphatic carbocycles. The molecule has 1 aromatic carbocycles. The van der Waals surface area contributed by atoms with Gasteiger partial charge in [0, 0.05) is 35.9 Å². The smallest absolute Gasteiger partial charge is 0.162 e. The molecule has 6 rings (SSSR count). The number of rotatable bonds is 7. The molecule has 1 saturated heterocycles. The Morgan fingerprint density at radius 2 is 1.90 bits per heavy atom. The number of aromatic nitrogens is 4. The zero-order chi connectivity index (χ0) is 27.0. The highest BCUT2D eigenvalue weighted by atomic mass is 35.5. The van der Waals surface area contributed by atoms with Crippen molar-refractivity contribution in [2.24, 2.45) is 5.41 Å². The second-order valence-corrected chi connectivity index (χ2v) is 11.9. The van der Waals surface area contributed by atoms with Crippen LogP contribution in [0.1, 0.15) is 63.5 Å². The summed E-state index contributed by atoms with van der Waals surface area (Å²) in [6, 6.07) is 12.5. The summed E-state index contributed by atoms with van der Waals surface area (Å²) in [5, 5.41) is 12.4. The molecule has 39 heavy (non-hydrogen) atoms. The third-order valence-corrected chi connectivity index (χ3v) is 8.61. The molecule has 0 amide bonds. The lowest BCUT2D eigenvalue weighted by molar-refractivity contribution is 0.236. The topological polar surface area (TPSA) is 87.7 Å². The fraction of sp³-hybridized carbons (Fsp3) is 0.419. The van der Waals surface area contributed by atoms with Crippen LogP contribution in [0.25, 0.3) is 22.3 Å². The third kappa shape index (κ3) is 5.30. The lowest BCUT2D eigenvalue weighted by atomic mass is 9.77. The summed E-state index contributed by atoms with van der Waals surface area (Å²) in [4.78, 5) is 19.2. The van der Waals surface area contributed by atoms with Crippen molar-refractivity contribution >= 4 is 40.0 Å². The molecule has 4 aromatic rings. The van der Waals surface area contributed by atoms with E-state index in [-0.39, 0.29) is 5.41 Å². The zero-order valence-electron chi connectivity index (χ0n) is 22.9. The minimum Gasteiger partial charge on any atom is -0.366 e. The maximum atomic E-state index is 6.33. The summed E-state index contributed by atoms with van der Waals surface area (Å²) in [5.74, 6) is 3.41. The number of anilines is 3. The molecule has 1 saturated carbocycles. The van der Waals surface area contributed by atoms with Gasteiger partial charge in [0.25, 0.3) is 0 Å². The van der Waals surface area contributed by atoms with E-state index in [1.54, 1.807) is 24.5 Å². The summed E-state index contributed by atoms with van der Waals surface area (Å²) < 4.78 is 0. The lowest BCUT2D eigenvalue weighted by Gasteiger charge is -2.40. The zero-order valence-corrected chi connectivity index (χ0v) is 23.6. The van der Waals surface area contributed by atoms with E-state index in [0.717, 1.165) is 42.8 Å². The minimum absolute atomic E-state index is 0.103. The summed E-state index contributed by atoms with van der Waals surface area (Å²) in [6.45, 7) is 8.85. The van der Waals surface area contributed by atoms with E-state index in [9.17, 15) is 0 Å². The van der Waals surface area contributed by atoms with Crippen molar-refractivity contribution < 1.29 is 0 Å². The Labute approximate surface area is 235 Å². The molecule has 3 aromatic heterocycles. The van der Waals surface area contributed by atoms with Gasteiger partial charge in [0.05, 0.1) is 10.5 Å². The summed E-state index contributed by atoms with van der Waals surface area (Å²) in [6.07, 6.45) is 9.26. The average molecular weight is 542 g/mol. The van der Waals surface area contributed by atoms with Gasteiger partial charge in [0.15, 0.2) is 5.82 Å². The third-order valence-electron chi connectivity index (χ3n) is 8.31. The molecule has 202 valence electrons. The predicted octanol–water partition coefficient (Wildman–Crippen LogP) is 7.11. The van der Waals surface area contributed by atoms with Crippen molar-refractivity contribution in [3.05, 3.63) is 64.9 Å². The molecule has 2 fully saturated rings. The maximum Gasteiger partial charge on any atom is 0.162 e. The Balaban J connectivity index is 1.47. The number of nitrogens with one attached hydrogen (secondary N) is 3. The Hall–Kier alpha value is -3.29. The van der Waals surface area contributed by atoms with Crippen LogP contribution in [0.5, 0.6) is 0 Å². The molecule has 2 aliphatic rings. The SMILES string of the molecule is CCc1cc(C2CCC2)c2c(NC3CCNCC3(C)C)nc(-c3ccnc(Nc4ncccc4Cl)c3)nc2c1. The summed E-state index contributed by atoms with van der Waals surface area (Å²) in [5.41, 5.74) is 4.73. The maximum absolute atomic E-state index is 6.33. The van der Waals surface area contributed by atoms with Gasteiger partial charge in [-0.15, -0.1) is 0 Å². The highest BCUT2D eigenvalue weighted by Crippen LogP contribution is 2.43. The van der Waals surface area contributed by atoms with E-state index >= 15 is 0 Å². The molecular weight excluding hydrogens is 506 g/mol. The number of nitrogens with zero attached hydrogens (tertiary/aromatic N) is 4. The van der Waals surface area contributed by atoms with E-state index in [1.165, 1.54) is 35.8 Å². The first kappa shape index (κ1) is 26.0. The number of halogens is 1. The monoisotopic (exact) mass is 541 g/mol. The molecular formula is C31H36ClN7. The molecule has 8 heteroatoms. The first-order valence-electron chi connectivity index (χ1n) is 14.1. The molecule has 0 radical (unpaired) electrons. The molecule has 1 unspecified atom stereocenters. The lowest BCUT2D eigenvalue weighted by Crippen LogP contribution is -2.49. The predicted molar refractivity (Wildman–Crippen MR) is 160 cm³/mol. The Morgan fingerprint density at radius 1 is 1.03 bits per heavy atom. The number of aryl methyl sites for hydroxylation is 1. The van der Waals surface area contributed by atoms with Crippen molar-refractivity contribution in [2.45, 2.75) is 64.8 Å². The highest BCUT2D eigenvalue weighted by Gasteiger charge is 2.33. The van der Waals surface area contributed by atoms with Crippen molar-refractivity contribution in [1.29, 1.82) is 0 Å². The summed E-state index contributed by atoms with van der Waals surface area (Å²) >= 11 is 6.33. The van der Waals surface area contributed by atoms with Crippen LogP contribution >= 0.6 is 11.6 Å². The average Bonchev–Trinajstić information content (AvgIpc) is 2.90. The van der Waals surface area contributed by atoms with Crippen LogP contribution in [-0.2, 0) is 6.42 Å². The van der Waals surface area contributed by atoms with E-state index in [4.69, 9.17) is 21.6 Å². The fourth-order valence-corrected chi connectivity index (χ4v) is 5.84. The van der Waals surface area contributed by atoms with Gasteiger partial charge in [-0.25, -0.2) is 19.9 Å². The van der Waals surface area contributed by atoms with Crippen LogP contribution in [-0.4, -0.2) is 39.1 Å². The van der Waals surface area contributed by atoms with Gasteiger partial charge < -0.3 is 16.0 Å². The Bertz CT molecular complexity index is 1500. The van der Waals surface area contributed by atoms with Crippen LogP contribution in [0.15, 0.2) is 48.8 Å². The fourth-order valence-electron chi connectivity index (χ4n) is 5.68. The van der Waals surface area contributed by atoms with Gasteiger partial charge in [0.2, 0.25) is 0 Å². The second-order valence-electron chi connectivity index (χ2n) is 11.5. The first-order chi connectivity index (χ1) is 18.9. The van der Waals surface area contributed by atoms with Gasteiger partial charge in [-0.05, 0) is 85.0 Å². The molecule has 1 atom stereocenters. The van der Waals surface area contributed by atoms with Crippen LogP contribution in [0.4, 0.5) is 17.5 Å². The molecule has 4 heterocycles. The van der Waals surface area contributed by atoms with Crippen molar-refractivity contribution in [1.82, 2.24) is 25.3 Å². The number of fused-ring (bicyclic) bond motifs is 1. The molecule has 0 spiro atoms. The van der Waals surface area contributed by atoms with Gasteiger partial charge in [-0.1, -0.05) is 44.9 Å². The van der Waals surface area contributed by atoms with Gasteiger partial charge >= 0.3 is 0 Å². The normalized spacial score (nSPS) is 19.0. The van der Waals surface area contributed by atoms with Crippen molar-refractivity contribution in [3.8, 4) is 11.4 Å². The first-order valence-corrected chi connectivity index (χ1v) is 14.4. The molecule has 1 aliphatic heterocycles. The van der Waals surface area contributed by atoms with Crippen LogP contribution in [0, 0.1) is 5.41 Å². The quantitative estimate of drug-likeness (QED) is 0.230. The van der Waals surface area contributed by atoms with E-state index < -0.39 is 0 Å². The number of piperidine rings is 1. The van der Waals surface area contributed by atoms with Gasteiger partial charge in [-0.3, -0.25) is 0 Å². The van der Waals surface area contributed by atoms with Crippen LogP contribution in [0.2, 0.25) is 5.02 Å². The summed E-state index contributed by atoms with van der Waals surface area (Å²) in [7, 11) is 0. The van der Waals surface area contributed by atoms with Crippen molar-refractivity contribution in [2.75, 3.05) is 23.7 Å².